The van der Waals surface area contributed by atoms with Crippen molar-refractivity contribution >= 4 is 16.6 Å². The van der Waals surface area contributed by atoms with Crippen LogP contribution >= 0.6 is 0 Å². The van der Waals surface area contributed by atoms with Gasteiger partial charge in [0.05, 0.1) is 11.3 Å². The summed E-state index contributed by atoms with van der Waals surface area (Å²) in [5, 5.41) is 1.28. The smallest absolute Gasteiger partial charge is 0.263 e. The van der Waals surface area contributed by atoms with E-state index in [2.05, 4.69) is 0 Å². The summed E-state index contributed by atoms with van der Waals surface area (Å²) in [7, 11) is 0. The first-order valence-corrected chi connectivity index (χ1v) is 8.14. The molecule has 25 heavy (non-hydrogen) atoms. The summed E-state index contributed by atoms with van der Waals surface area (Å²) >= 11 is 0. The Morgan fingerprint density at radius 1 is 0.600 bits per heavy atom. The zero-order chi connectivity index (χ0) is 17.0. The molecule has 0 aliphatic heterocycles. The van der Waals surface area contributed by atoms with E-state index < -0.39 is 0 Å². The Morgan fingerprint density at radius 3 is 1.96 bits per heavy atom. The lowest BCUT2D eigenvalue weighted by atomic mass is 10.0. The molecule has 0 fully saturated rings. The molecule has 0 saturated carbocycles. The van der Waals surface area contributed by atoms with Crippen LogP contribution in [-0.4, -0.2) is 10.4 Å². The Morgan fingerprint density at radius 2 is 1.20 bits per heavy atom. The first-order valence-electron chi connectivity index (χ1n) is 8.14. The van der Waals surface area contributed by atoms with Crippen molar-refractivity contribution in [2.24, 2.45) is 0 Å². The normalized spacial score (nSPS) is 12.2. The molecule has 3 heteroatoms. The van der Waals surface area contributed by atoms with Gasteiger partial charge in [0.25, 0.3) is 5.56 Å². The van der Waals surface area contributed by atoms with E-state index in [1.54, 1.807) is 10.6 Å². The second-order valence-corrected chi connectivity index (χ2v) is 6.12. The van der Waals surface area contributed by atoms with Crippen molar-refractivity contribution < 1.29 is 4.79 Å². The highest BCUT2D eigenvalue weighted by Gasteiger charge is 2.32. The highest BCUT2D eigenvalue weighted by Crippen LogP contribution is 2.39. The second-order valence-electron chi connectivity index (χ2n) is 6.12. The van der Waals surface area contributed by atoms with E-state index in [0.717, 1.165) is 16.6 Å². The number of fused-ring (bicyclic) bond motifs is 5. The molecule has 0 N–H and O–H groups in total. The predicted molar refractivity (Wildman–Crippen MR) is 98.4 cm³/mol. The number of aromatic nitrogens is 1. The minimum atomic E-state index is -0.106. The van der Waals surface area contributed by atoms with Gasteiger partial charge in [0.2, 0.25) is 0 Å². The first kappa shape index (κ1) is 13.9. The molecule has 0 bridgehead atoms. The van der Waals surface area contributed by atoms with Gasteiger partial charge in [-0.15, -0.1) is 0 Å². The number of nitrogens with zero attached hydrogens (tertiary/aromatic N) is 1. The van der Waals surface area contributed by atoms with Crippen LogP contribution < -0.4 is 5.56 Å². The fourth-order valence-electron chi connectivity index (χ4n) is 3.68. The lowest BCUT2D eigenvalue weighted by Gasteiger charge is -2.15. The Balaban J connectivity index is 2.05. The van der Waals surface area contributed by atoms with Crippen molar-refractivity contribution in [3.8, 4) is 16.9 Å². The quantitative estimate of drug-likeness (QED) is 0.464. The molecule has 0 amide bonds. The van der Waals surface area contributed by atoms with Gasteiger partial charge in [0.1, 0.15) is 0 Å². The van der Waals surface area contributed by atoms with Crippen molar-refractivity contribution in [1.82, 2.24) is 4.57 Å². The number of pyridine rings is 1. The molecule has 1 aliphatic rings. The van der Waals surface area contributed by atoms with E-state index in [1.807, 2.05) is 72.8 Å². The van der Waals surface area contributed by atoms with Gasteiger partial charge < -0.3 is 0 Å². The third kappa shape index (κ3) is 1.81. The van der Waals surface area contributed by atoms with Crippen molar-refractivity contribution in [2.45, 2.75) is 0 Å². The van der Waals surface area contributed by atoms with Crippen LogP contribution in [0.3, 0.4) is 0 Å². The molecule has 0 saturated heterocycles. The molecule has 4 aromatic rings. The number of carbonyl (C=O) groups excluding carboxylic acids is 1. The van der Waals surface area contributed by atoms with Gasteiger partial charge in [0, 0.05) is 27.6 Å². The Labute approximate surface area is 143 Å². The van der Waals surface area contributed by atoms with Crippen molar-refractivity contribution in [2.75, 3.05) is 0 Å². The molecule has 1 heterocycles. The average Bonchev–Trinajstić information content (AvgIpc) is 2.96. The van der Waals surface area contributed by atoms with Gasteiger partial charge in [-0.2, -0.15) is 0 Å². The summed E-state index contributed by atoms with van der Waals surface area (Å²) in [5.74, 6) is -0.0218. The van der Waals surface area contributed by atoms with E-state index in [9.17, 15) is 9.59 Å². The molecular weight excluding hydrogens is 310 g/mol. The van der Waals surface area contributed by atoms with Crippen LogP contribution in [0.25, 0.3) is 27.7 Å². The summed E-state index contributed by atoms with van der Waals surface area (Å²) < 4.78 is 1.67. The average molecular weight is 323 g/mol. The molecule has 5 rings (SSSR count). The molecular formula is C22H13NO2. The Bertz CT molecular complexity index is 1220. The predicted octanol–water partition coefficient (Wildman–Crippen LogP) is 4.20. The Hall–Kier alpha value is -3.46. The van der Waals surface area contributed by atoms with Gasteiger partial charge in [-0.05, 0) is 18.2 Å². The van der Waals surface area contributed by atoms with Crippen LogP contribution in [0.2, 0.25) is 0 Å². The highest BCUT2D eigenvalue weighted by atomic mass is 16.1. The molecule has 1 aromatic heterocycles. The fraction of sp³-hybridized carbons (Fsp3) is 0. The molecule has 1 aliphatic carbocycles. The van der Waals surface area contributed by atoms with Crippen LogP contribution in [0.1, 0.15) is 15.9 Å². The maximum Gasteiger partial charge on any atom is 0.263 e. The minimum Gasteiger partial charge on any atom is -0.288 e. The van der Waals surface area contributed by atoms with E-state index in [0.29, 0.717) is 22.2 Å². The van der Waals surface area contributed by atoms with Crippen molar-refractivity contribution in [3.63, 3.8) is 0 Å². The van der Waals surface area contributed by atoms with Crippen molar-refractivity contribution in [1.29, 1.82) is 0 Å². The molecule has 0 radical (unpaired) electrons. The SMILES string of the molecule is O=C1c2ccccc2-c2c1c1ccccc1c(=O)n2-c1ccccc1. The van der Waals surface area contributed by atoms with Gasteiger partial charge in [-0.3, -0.25) is 14.2 Å². The third-order valence-electron chi connectivity index (χ3n) is 4.76. The summed E-state index contributed by atoms with van der Waals surface area (Å²) in [6.45, 7) is 0. The largest absolute Gasteiger partial charge is 0.288 e. The van der Waals surface area contributed by atoms with Crippen LogP contribution in [0.4, 0.5) is 0 Å². The molecule has 0 spiro atoms. The van der Waals surface area contributed by atoms with Crippen LogP contribution in [-0.2, 0) is 0 Å². The summed E-state index contributed by atoms with van der Waals surface area (Å²) in [6, 6.07) is 24.3. The van der Waals surface area contributed by atoms with E-state index in [4.69, 9.17) is 0 Å². The number of para-hydroxylation sites is 1. The highest BCUT2D eigenvalue weighted by molar-refractivity contribution is 6.26. The second kappa shape index (κ2) is 5.02. The number of hydrogen-bond acceptors (Lipinski definition) is 2. The van der Waals surface area contributed by atoms with Gasteiger partial charge in [-0.25, -0.2) is 0 Å². The summed E-state index contributed by atoms with van der Waals surface area (Å²) in [6.07, 6.45) is 0. The Kier molecular flexibility index (Phi) is 2.80. The number of ketones is 1. The lowest BCUT2D eigenvalue weighted by Crippen LogP contribution is -2.21. The van der Waals surface area contributed by atoms with E-state index >= 15 is 0 Å². The maximum atomic E-state index is 13.3. The van der Waals surface area contributed by atoms with E-state index in [-0.39, 0.29) is 11.3 Å². The number of rotatable bonds is 1. The minimum absolute atomic E-state index is 0.0218. The number of benzene rings is 3. The third-order valence-corrected chi connectivity index (χ3v) is 4.76. The topological polar surface area (TPSA) is 39.1 Å². The standard InChI is InChI=1S/C22H13NO2/c24-21-17-12-6-5-11-16(17)20-19(21)15-10-4-7-13-18(15)22(25)23(20)14-8-2-1-3-9-14/h1-13H. The van der Waals surface area contributed by atoms with Crippen LogP contribution in [0, 0.1) is 0 Å². The number of carbonyl (C=O) groups is 1. The zero-order valence-electron chi connectivity index (χ0n) is 13.3. The molecule has 3 aromatic carbocycles. The monoisotopic (exact) mass is 323 g/mol. The van der Waals surface area contributed by atoms with Crippen LogP contribution in [0.15, 0.2) is 83.7 Å². The fourth-order valence-corrected chi connectivity index (χ4v) is 3.68. The molecule has 0 atom stereocenters. The first-order chi connectivity index (χ1) is 12.3. The maximum absolute atomic E-state index is 13.3. The van der Waals surface area contributed by atoms with Crippen molar-refractivity contribution in [3.05, 3.63) is 100 Å². The van der Waals surface area contributed by atoms with Gasteiger partial charge in [-0.1, -0.05) is 60.7 Å². The molecule has 3 nitrogen and oxygen atoms in total. The van der Waals surface area contributed by atoms with Gasteiger partial charge >= 0.3 is 0 Å². The summed E-state index contributed by atoms with van der Waals surface area (Å²) in [5.41, 5.74) is 3.42. The number of hydrogen-bond donors (Lipinski definition) is 0. The van der Waals surface area contributed by atoms with Gasteiger partial charge in [0.15, 0.2) is 5.78 Å². The molecule has 118 valence electrons. The van der Waals surface area contributed by atoms with E-state index in [1.165, 1.54) is 0 Å². The van der Waals surface area contributed by atoms with Crippen LogP contribution in [0.5, 0.6) is 0 Å². The molecule has 0 unspecified atom stereocenters. The lowest BCUT2D eigenvalue weighted by molar-refractivity contribution is 0.104. The summed E-state index contributed by atoms with van der Waals surface area (Å²) in [4.78, 5) is 26.3. The zero-order valence-corrected chi connectivity index (χ0v) is 13.3.